The highest BCUT2D eigenvalue weighted by Crippen LogP contribution is 2.36. The molecule has 0 rings (SSSR count). The summed E-state index contributed by atoms with van der Waals surface area (Å²) in [6, 6.07) is 0. The smallest absolute Gasteiger partial charge is 0.152 e. The van der Waals surface area contributed by atoms with E-state index in [1.54, 1.807) is 5.40 Å². The number of thiol groups is 1. The number of nitrogens with zero attached hydrogens (tertiary/aromatic N) is 1. The predicted molar refractivity (Wildman–Crippen MR) is 191 cm³/mol. The van der Waals surface area contributed by atoms with E-state index in [-0.39, 0.29) is 0 Å². The van der Waals surface area contributed by atoms with Gasteiger partial charge < -0.3 is 0 Å². The fourth-order valence-corrected chi connectivity index (χ4v) is 146. The van der Waals surface area contributed by atoms with Gasteiger partial charge in [0, 0.05) is 36.5 Å². The highest BCUT2D eigenvalue weighted by Gasteiger charge is 2.39. The first kappa shape index (κ1) is 33.2. The molecule has 0 aromatic carbocycles. The number of rotatable bonds is 7. The maximum absolute atomic E-state index is 9.34. The van der Waals surface area contributed by atoms with Crippen molar-refractivity contribution in [2.24, 2.45) is 0 Å². The van der Waals surface area contributed by atoms with Gasteiger partial charge in [0.25, 0.3) is 0 Å². The molecule has 0 unspecified atom stereocenters. The third kappa shape index (κ3) is 5.62. The first-order valence-corrected chi connectivity index (χ1v) is 37.0. The van der Waals surface area contributed by atoms with Crippen LogP contribution in [0.2, 0.25) is 0 Å². The zero-order chi connectivity index (χ0) is 22.7. The van der Waals surface area contributed by atoms with Crippen molar-refractivity contribution in [1.82, 2.24) is 0 Å². The quantitative estimate of drug-likeness (QED) is 0.217. The molecule has 0 N–H and O–H groups in total. The van der Waals surface area contributed by atoms with E-state index in [9.17, 15) is 5.26 Å². The second kappa shape index (κ2) is 10.3. The molecule has 1 nitrogen and oxygen atoms in total. The number of thiocyanates is 1. The van der Waals surface area contributed by atoms with Gasteiger partial charge in [-0.3, -0.25) is 0 Å². The van der Waals surface area contributed by atoms with Gasteiger partial charge in [0.05, 0.1) is 6.18 Å². The normalized spacial score (nSPS) is 15.7. The molecule has 0 spiro atoms. The lowest BCUT2D eigenvalue weighted by Crippen LogP contribution is -2.34. The Kier molecular flexibility index (Phi) is 12.6. The Morgan fingerprint density at radius 3 is 0.889 bits per heavy atom. The summed E-state index contributed by atoms with van der Waals surface area (Å²) in [6.07, 6.45) is -3.04. The highest BCUT2D eigenvalue weighted by molar-refractivity contribution is 9.71. The number of nitriles is 1. The van der Waals surface area contributed by atoms with Crippen LogP contribution < -0.4 is 0 Å². The molecule has 0 aliphatic rings. The number of hydrogen-bond acceptors (Lipinski definition) is 17. The van der Waals surface area contributed by atoms with Crippen LogP contribution in [0.3, 0.4) is 0 Å². The SMILES string of the molecule is N#CS(=S)(=S)S(=S)(=S)S(=S)(=S)S(=S)(=S)S(=S)(=S)S(=S)(=S)S(=S)(=S)S(=S)(=S)S. The van der Waals surface area contributed by atoms with Crippen LogP contribution in [0.25, 0.3) is 0 Å². The number of hydrogen-bond donors (Lipinski definition) is 1. The Balaban J connectivity index is 7.59. The summed E-state index contributed by atoms with van der Waals surface area (Å²) in [5.41, 5.74) is 0. The minimum absolute atomic E-state index is 1.77. The van der Waals surface area contributed by atoms with Crippen molar-refractivity contribution in [3.05, 3.63) is 0 Å². The van der Waals surface area contributed by atoms with Crippen molar-refractivity contribution in [2.75, 3.05) is 0 Å². The molecule has 0 fully saturated rings. The molecule has 160 valence electrons. The van der Waals surface area contributed by atoms with Gasteiger partial charge in [0.15, 0.2) is 5.40 Å². The lowest BCUT2D eigenvalue weighted by molar-refractivity contribution is 1.57. The fraction of sp³-hybridized carbons (Fsp3) is 0. The van der Waals surface area contributed by atoms with E-state index in [0.717, 1.165) is 0 Å². The van der Waals surface area contributed by atoms with Crippen molar-refractivity contribution >= 4 is 233 Å². The second-order valence-corrected chi connectivity index (χ2v) is 85.7. The van der Waals surface area contributed by atoms with Crippen molar-refractivity contribution < 1.29 is 0 Å². The highest BCUT2D eigenvalue weighted by atomic mass is 34.4. The average molecular weight is 829 g/mol. The van der Waals surface area contributed by atoms with E-state index in [4.69, 9.17) is 179 Å². The van der Waals surface area contributed by atoms with Crippen molar-refractivity contribution in [1.29, 1.82) is 5.26 Å². The van der Waals surface area contributed by atoms with E-state index in [1.165, 1.54) is 0 Å². The molecule has 0 saturated carbocycles. The van der Waals surface area contributed by atoms with Gasteiger partial charge in [0.1, 0.15) is 0 Å². The van der Waals surface area contributed by atoms with Crippen LogP contribution in [0.4, 0.5) is 0 Å². The molecule has 0 aromatic heterocycles. The van der Waals surface area contributed by atoms with Gasteiger partial charge in [-0.25, -0.2) is 0 Å². The average Bonchev–Trinajstić information content (AvgIpc) is 2.44. The van der Waals surface area contributed by atoms with Crippen LogP contribution in [0.1, 0.15) is 0 Å². The van der Waals surface area contributed by atoms with Crippen LogP contribution in [0.15, 0.2) is 0 Å². The van der Waals surface area contributed by atoms with Gasteiger partial charge in [-0.2, -0.15) is 5.26 Å². The Hall–Kier alpha value is 6.16. The van der Waals surface area contributed by atoms with Crippen molar-refractivity contribution in [3.8, 4) is 5.40 Å². The van der Waals surface area contributed by atoms with Gasteiger partial charge in [0.2, 0.25) is 0 Å². The van der Waals surface area contributed by atoms with E-state index < -0.39 is 42.7 Å². The molecule has 0 saturated heterocycles. The van der Waals surface area contributed by atoms with E-state index in [2.05, 4.69) is 11.7 Å². The summed E-state index contributed by atoms with van der Waals surface area (Å²) in [6.45, 7) is 0. The molecule has 0 aliphatic heterocycles. The van der Waals surface area contributed by atoms with Crippen LogP contribution >= 0.6 is 11.7 Å². The molecule has 27 heavy (non-hydrogen) atoms. The fourth-order valence-electron chi connectivity index (χ4n) is 0.669. The largest absolute Gasteiger partial charge is 0.184 e. The molecule has 0 amide bonds. The molecular weight excluding hydrogens is 828 g/mol. The standard InChI is InChI=1S/CHNS25/c2-1-20(3,4)22(8,9)24(12,13)26(16,17)27(18,19)25(14,15)23(10,11)21(5,6)7/h(H,5,6,7). The summed E-state index contributed by atoms with van der Waals surface area (Å²) in [5.74, 6) is 0. The van der Waals surface area contributed by atoms with Crippen LogP contribution in [0, 0.1) is 10.7 Å². The van der Waals surface area contributed by atoms with Crippen molar-refractivity contribution in [2.45, 2.75) is 0 Å². The van der Waals surface area contributed by atoms with Crippen LogP contribution in [0.5, 0.6) is 0 Å². The Morgan fingerprint density at radius 1 is 0.444 bits per heavy atom. The molecule has 0 aromatic rings. The molecule has 0 atom stereocenters. The maximum atomic E-state index is 9.34. The molecule has 0 heterocycles. The molecule has 0 bridgehead atoms. The molecule has 26 heteroatoms. The summed E-state index contributed by atoms with van der Waals surface area (Å²) in [7, 11) is 0. The molecule has 0 radical (unpaired) electrons. The summed E-state index contributed by atoms with van der Waals surface area (Å²) >= 11 is 91.2. The van der Waals surface area contributed by atoms with Crippen molar-refractivity contribution in [3.63, 3.8) is 0 Å². The topological polar surface area (TPSA) is 23.8 Å². The predicted octanol–water partition coefficient (Wildman–Crippen LogP) is 0.340. The lowest BCUT2D eigenvalue weighted by atomic mass is 11.8. The third-order valence-electron chi connectivity index (χ3n) is 1.89. The monoisotopic (exact) mass is 826 g/mol. The minimum atomic E-state index is -3.23. The van der Waals surface area contributed by atoms with Gasteiger partial charge in [-0.05, 0) is 179 Å². The van der Waals surface area contributed by atoms with Gasteiger partial charge in [-0.1, -0.05) is 11.7 Å². The van der Waals surface area contributed by atoms with Gasteiger partial charge >= 0.3 is 0 Å². The first-order valence-electron chi connectivity index (χ1n) is 4.44. The Labute approximate surface area is 238 Å². The Bertz CT molecular complexity index is 1550. The zero-order valence-corrected chi connectivity index (χ0v) is 31.7. The van der Waals surface area contributed by atoms with E-state index in [0.29, 0.717) is 0 Å². The summed E-state index contributed by atoms with van der Waals surface area (Å²) in [4.78, 5) is 0. The third-order valence-corrected chi connectivity index (χ3v) is 139. The summed E-state index contributed by atoms with van der Waals surface area (Å²) in [5, 5.41) is -10.4. The lowest BCUT2D eigenvalue weighted by Gasteiger charge is -2.30. The zero-order valence-electron chi connectivity index (χ0n) is 11.2. The summed E-state index contributed by atoms with van der Waals surface area (Å²) < 4.78 is 0. The first-order chi connectivity index (χ1) is 11.3. The van der Waals surface area contributed by atoms with E-state index in [1.807, 2.05) is 0 Å². The van der Waals surface area contributed by atoms with Gasteiger partial charge in [-0.15, -0.1) is 0 Å². The van der Waals surface area contributed by atoms with Crippen LogP contribution in [-0.2, 0) is 222 Å². The molecule has 0 aliphatic carbocycles. The minimum Gasteiger partial charge on any atom is -0.184 e. The van der Waals surface area contributed by atoms with Crippen LogP contribution in [-0.4, -0.2) is 0 Å². The Morgan fingerprint density at radius 2 is 0.667 bits per heavy atom. The van der Waals surface area contributed by atoms with E-state index >= 15 is 0 Å². The molecular formula is CHNS25. The maximum Gasteiger partial charge on any atom is 0.152 e. The second-order valence-electron chi connectivity index (χ2n) is 3.42.